The van der Waals surface area contributed by atoms with Crippen molar-refractivity contribution < 1.29 is 9.53 Å². The van der Waals surface area contributed by atoms with Gasteiger partial charge in [0.05, 0.1) is 12.1 Å². The Kier molecular flexibility index (Phi) is 5.62. The number of nitrogens with zero attached hydrogens (tertiary/aromatic N) is 6. The second-order valence-corrected chi connectivity index (χ2v) is 8.08. The number of amides is 1. The van der Waals surface area contributed by atoms with Gasteiger partial charge in [0.1, 0.15) is 6.61 Å². The van der Waals surface area contributed by atoms with Gasteiger partial charge in [-0.2, -0.15) is 4.80 Å². The average Bonchev–Trinajstić information content (AvgIpc) is 3.57. The molecule has 1 unspecified atom stereocenters. The van der Waals surface area contributed by atoms with Gasteiger partial charge < -0.3 is 9.64 Å². The fourth-order valence-electron chi connectivity index (χ4n) is 3.94. The van der Waals surface area contributed by atoms with Crippen molar-refractivity contribution in [2.24, 2.45) is 0 Å². The molecule has 1 amide bonds. The second kappa shape index (κ2) is 8.85. The Bertz CT molecular complexity index is 997. The third-order valence-corrected chi connectivity index (χ3v) is 5.82. The predicted molar refractivity (Wildman–Crippen MR) is 114 cm³/mol. The summed E-state index contributed by atoms with van der Waals surface area (Å²) >= 11 is 0. The molecule has 8 heteroatoms. The van der Waals surface area contributed by atoms with Crippen molar-refractivity contribution in [1.29, 1.82) is 0 Å². The number of piperazine rings is 1. The Morgan fingerprint density at radius 2 is 1.65 bits per heavy atom. The van der Waals surface area contributed by atoms with Crippen molar-refractivity contribution in [3.05, 3.63) is 77.6 Å². The maximum atomic E-state index is 12.5. The van der Waals surface area contributed by atoms with E-state index in [1.807, 2.05) is 48.5 Å². The Morgan fingerprint density at radius 1 is 0.968 bits per heavy atom. The van der Waals surface area contributed by atoms with Crippen LogP contribution in [0.25, 0.3) is 0 Å². The average molecular weight is 419 g/mol. The summed E-state index contributed by atoms with van der Waals surface area (Å²) in [5.74, 6) is 0.721. The van der Waals surface area contributed by atoms with Crippen LogP contribution in [0.2, 0.25) is 0 Å². The van der Waals surface area contributed by atoms with Crippen LogP contribution in [0.15, 0.2) is 60.7 Å². The van der Waals surface area contributed by atoms with Crippen LogP contribution in [0, 0.1) is 0 Å². The number of aromatic nitrogens is 4. The minimum absolute atomic E-state index is 0.0730. The molecule has 8 nitrogen and oxygen atoms in total. The van der Waals surface area contributed by atoms with Gasteiger partial charge in [-0.1, -0.05) is 60.7 Å². The fraction of sp³-hybridized carbons (Fsp3) is 0.391. The van der Waals surface area contributed by atoms with Crippen molar-refractivity contribution in [2.75, 3.05) is 26.2 Å². The first-order valence-electron chi connectivity index (χ1n) is 10.8. The number of rotatable bonds is 6. The zero-order chi connectivity index (χ0) is 21.0. The zero-order valence-corrected chi connectivity index (χ0v) is 17.4. The molecule has 1 aliphatic heterocycles. The van der Waals surface area contributed by atoms with E-state index in [0.29, 0.717) is 25.7 Å². The van der Waals surface area contributed by atoms with Crippen molar-refractivity contribution in [3.63, 3.8) is 0 Å². The van der Waals surface area contributed by atoms with Crippen LogP contribution in [0.5, 0.6) is 0 Å². The maximum absolute atomic E-state index is 12.5. The molecule has 2 aromatic carbocycles. The number of hydrogen-bond acceptors (Lipinski definition) is 6. The van der Waals surface area contributed by atoms with E-state index >= 15 is 0 Å². The fourth-order valence-corrected chi connectivity index (χ4v) is 3.94. The molecule has 1 saturated carbocycles. The van der Waals surface area contributed by atoms with Crippen LogP contribution in [0.3, 0.4) is 0 Å². The van der Waals surface area contributed by atoms with E-state index in [1.54, 1.807) is 9.70 Å². The van der Waals surface area contributed by atoms with Gasteiger partial charge in [0.25, 0.3) is 0 Å². The van der Waals surface area contributed by atoms with Crippen LogP contribution in [-0.4, -0.2) is 62.3 Å². The third-order valence-electron chi connectivity index (χ3n) is 5.82. The lowest BCUT2D eigenvalue weighted by Gasteiger charge is -2.37. The molecule has 2 fully saturated rings. The summed E-state index contributed by atoms with van der Waals surface area (Å²) in [6, 6.07) is 20.3. The number of carbonyl (C=O) groups is 1. The SMILES string of the molecule is O=C(OCc1ccccc1)N1CCN(C(c2ccccc2)c2nnn(C3CC3)n2)CC1. The van der Waals surface area contributed by atoms with Crippen LogP contribution < -0.4 is 0 Å². The molecule has 5 rings (SSSR count). The van der Waals surface area contributed by atoms with E-state index in [-0.39, 0.29) is 12.1 Å². The second-order valence-electron chi connectivity index (χ2n) is 8.08. The molecule has 2 heterocycles. The lowest BCUT2D eigenvalue weighted by Crippen LogP contribution is -2.50. The Balaban J connectivity index is 1.24. The highest BCUT2D eigenvalue weighted by Gasteiger charge is 2.33. The molecular weight excluding hydrogens is 392 g/mol. The number of ether oxygens (including phenoxy) is 1. The summed E-state index contributed by atoms with van der Waals surface area (Å²) in [7, 11) is 0. The molecule has 160 valence electrons. The quantitative estimate of drug-likeness (QED) is 0.612. The summed E-state index contributed by atoms with van der Waals surface area (Å²) < 4.78 is 5.50. The van der Waals surface area contributed by atoms with Gasteiger partial charge in [-0.3, -0.25) is 4.90 Å². The molecule has 31 heavy (non-hydrogen) atoms. The highest BCUT2D eigenvalue weighted by molar-refractivity contribution is 5.67. The van der Waals surface area contributed by atoms with Crippen LogP contribution >= 0.6 is 0 Å². The largest absolute Gasteiger partial charge is 0.445 e. The van der Waals surface area contributed by atoms with Gasteiger partial charge in [-0.15, -0.1) is 10.2 Å². The van der Waals surface area contributed by atoms with E-state index in [9.17, 15) is 4.79 Å². The van der Waals surface area contributed by atoms with E-state index in [0.717, 1.165) is 42.9 Å². The molecule has 1 aliphatic carbocycles. The van der Waals surface area contributed by atoms with Crippen molar-refractivity contribution in [2.45, 2.75) is 31.5 Å². The topological polar surface area (TPSA) is 76.4 Å². The van der Waals surface area contributed by atoms with E-state index in [4.69, 9.17) is 4.74 Å². The molecule has 1 aromatic heterocycles. The summed E-state index contributed by atoms with van der Waals surface area (Å²) in [4.78, 5) is 18.4. The van der Waals surface area contributed by atoms with Crippen molar-refractivity contribution in [1.82, 2.24) is 30.0 Å². The minimum Gasteiger partial charge on any atom is -0.445 e. The van der Waals surface area contributed by atoms with E-state index in [2.05, 4.69) is 32.4 Å². The molecule has 1 saturated heterocycles. The van der Waals surface area contributed by atoms with Gasteiger partial charge in [0.15, 0.2) is 5.82 Å². The zero-order valence-electron chi connectivity index (χ0n) is 17.4. The van der Waals surface area contributed by atoms with Crippen molar-refractivity contribution >= 4 is 6.09 Å². The van der Waals surface area contributed by atoms with E-state index in [1.165, 1.54) is 0 Å². The first-order chi connectivity index (χ1) is 15.3. The smallest absolute Gasteiger partial charge is 0.410 e. The number of hydrogen-bond donors (Lipinski definition) is 0. The van der Waals surface area contributed by atoms with Gasteiger partial charge in [0.2, 0.25) is 0 Å². The van der Waals surface area contributed by atoms with E-state index < -0.39 is 0 Å². The standard InChI is InChI=1S/C23H26N6O2/c30-23(31-17-18-7-3-1-4-8-18)28-15-13-27(14-16-28)21(19-9-5-2-6-10-19)22-24-26-29(25-22)20-11-12-20/h1-10,20-21H,11-17H2. The first-order valence-corrected chi connectivity index (χ1v) is 10.8. The van der Waals surface area contributed by atoms with Gasteiger partial charge >= 0.3 is 6.09 Å². The molecule has 0 N–H and O–H groups in total. The highest BCUT2D eigenvalue weighted by Crippen LogP contribution is 2.34. The third kappa shape index (κ3) is 4.59. The highest BCUT2D eigenvalue weighted by atomic mass is 16.6. The molecule has 0 bridgehead atoms. The number of benzene rings is 2. The molecular formula is C23H26N6O2. The summed E-state index contributed by atoms with van der Waals surface area (Å²) in [6.07, 6.45) is 1.98. The molecule has 0 radical (unpaired) electrons. The Morgan fingerprint density at radius 3 is 2.32 bits per heavy atom. The van der Waals surface area contributed by atoms with Gasteiger partial charge in [-0.25, -0.2) is 4.79 Å². The molecule has 0 spiro atoms. The number of carbonyl (C=O) groups excluding carboxylic acids is 1. The van der Waals surface area contributed by atoms with Crippen molar-refractivity contribution in [3.8, 4) is 0 Å². The summed E-state index contributed by atoms with van der Waals surface area (Å²) in [5.41, 5.74) is 2.13. The van der Waals surface area contributed by atoms with Gasteiger partial charge in [-0.05, 0) is 29.2 Å². The molecule has 3 aromatic rings. The molecule has 1 atom stereocenters. The minimum atomic E-state index is -0.266. The lowest BCUT2D eigenvalue weighted by molar-refractivity contribution is 0.0635. The monoisotopic (exact) mass is 418 g/mol. The Labute approximate surface area is 181 Å². The van der Waals surface area contributed by atoms with Gasteiger partial charge in [0, 0.05) is 26.2 Å². The summed E-state index contributed by atoms with van der Waals surface area (Å²) in [5, 5.41) is 13.4. The molecule has 2 aliphatic rings. The normalized spacial score (nSPS) is 18.0. The Hall–Kier alpha value is -3.26. The number of tetrazole rings is 1. The lowest BCUT2D eigenvalue weighted by atomic mass is 10.0. The predicted octanol–water partition coefficient (Wildman–Crippen LogP) is 3.05. The van der Waals surface area contributed by atoms with Crippen LogP contribution in [0.4, 0.5) is 4.79 Å². The van der Waals surface area contributed by atoms with Crippen LogP contribution in [0.1, 0.15) is 41.9 Å². The van der Waals surface area contributed by atoms with Crippen LogP contribution in [-0.2, 0) is 11.3 Å². The maximum Gasteiger partial charge on any atom is 0.410 e. The summed E-state index contributed by atoms with van der Waals surface area (Å²) in [6.45, 7) is 2.94. The first kappa shape index (κ1) is 19.7.